The van der Waals surface area contributed by atoms with Gasteiger partial charge in [-0.15, -0.1) is 11.3 Å². The van der Waals surface area contributed by atoms with E-state index in [1.54, 1.807) is 11.3 Å². The van der Waals surface area contributed by atoms with Crippen LogP contribution >= 0.6 is 11.3 Å². The Morgan fingerprint density at radius 1 is 1.28 bits per heavy atom. The molecular weight excluding hydrogens is 244 g/mol. The first-order valence-corrected chi connectivity index (χ1v) is 6.62. The maximum atomic E-state index is 5.69. The highest BCUT2D eigenvalue weighted by molar-refractivity contribution is 7.15. The SMILES string of the molecule is Cc1nc2ccc(-c3nc(C)c(CN)s3)cc2[nH]1. The van der Waals surface area contributed by atoms with Gasteiger partial charge in [0.25, 0.3) is 0 Å². The van der Waals surface area contributed by atoms with Crippen LogP contribution < -0.4 is 5.73 Å². The van der Waals surface area contributed by atoms with Crippen LogP contribution in [0.3, 0.4) is 0 Å². The molecule has 0 saturated heterocycles. The molecule has 2 aromatic heterocycles. The van der Waals surface area contributed by atoms with E-state index in [4.69, 9.17) is 5.73 Å². The first-order valence-electron chi connectivity index (χ1n) is 5.80. The second-order valence-electron chi connectivity index (χ2n) is 4.29. The lowest BCUT2D eigenvalue weighted by molar-refractivity contribution is 1.06. The Balaban J connectivity index is 2.12. The highest BCUT2D eigenvalue weighted by atomic mass is 32.1. The molecular formula is C13H14N4S. The third-order valence-electron chi connectivity index (χ3n) is 2.93. The molecule has 0 saturated carbocycles. The number of aromatic amines is 1. The molecule has 5 heteroatoms. The summed E-state index contributed by atoms with van der Waals surface area (Å²) in [6.07, 6.45) is 0. The summed E-state index contributed by atoms with van der Waals surface area (Å²) in [6.45, 7) is 4.51. The van der Waals surface area contributed by atoms with Crippen molar-refractivity contribution in [1.82, 2.24) is 15.0 Å². The lowest BCUT2D eigenvalue weighted by atomic mass is 10.2. The summed E-state index contributed by atoms with van der Waals surface area (Å²) in [5.74, 6) is 0.931. The summed E-state index contributed by atoms with van der Waals surface area (Å²) in [4.78, 5) is 13.4. The lowest BCUT2D eigenvalue weighted by Gasteiger charge is -1.95. The van der Waals surface area contributed by atoms with Gasteiger partial charge < -0.3 is 10.7 Å². The lowest BCUT2D eigenvalue weighted by Crippen LogP contribution is -1.94. The maximum absolute atomic E-state index is 5.69. The summed E-state index contributed by atoms with van der Waals surface area (Å²) >= 11 is 1.66. The van der Waals surface area contributed by atoms with E-state index in [-0.39, 0.29) is 0 Å². The van der Waals surface area contributed by atoms with Crippen LogP contribution in [0.4, 0.5) is 0 Å². The van der Waals surface area contributed by atoms with Gasteiger partial charge in [-0.1, -0.05) is 0 Å². The molecule has 0 spiro atoms. The van der Waals surface area contributed by atoms with Crippen LogP contribution in [0.1, 0.15) is 16.4 Å². The van der Waals surface area contributed by atoms with E-state index in [1.165, 1.54) is 0 Å². The fourth-order valence-corrected chi connectivity index (χ4v) is 2.95. The number of nitrogens with zero attached hydrogens (tertiary/aromatic N) is 2. The summed E-state index contributed by atoms with van der Waals surface area (Å²) in [6, 6.07) is 6.17. The van der Waals surface area contributed by atoms with Crippen LogP contribution in [-0.2, 0) is 6.54 Å². The van der Waals surface area contributed by atoms with Crippen LogP contribution in [0.25, 0.3) is 21.6 Å². The van der Waals surface area contributed by atoms with Crippen molar-refractivity contribution in [1.29, 1.82) is 0 Å². The number of H-pyrrole nitrogens is 1. The van der Waals surface area contributed by atoms with E-state index >= 15 is 0 Å². The van der Waals surface area contributed by atoms with Gasteiger partial charge in [-0.05, 0) is 32.0 Å². The summed E-state index contributed by atoms with van der Waals surface area (Å²) in [5, 5.41) is 1.02. The molecule has 0 aliphatic carbocycles. The molecule has 3 N–H and O–H groups in total. The van der Waals surface area contributed by atoms with Crippen molar-refractivity contribution in [2.75, 3.05) is 0 Å². The predicted octanol–water partition coefficient (Wildman–Crippen LogP) is 2.76. The molecule has 0 bridgehead atoms. The Bertz CT molecular complexity index is 711. The number of thiazole rings is 1. The minimum Gasteiger partial charge on any atom is -0.342 e. The second kappa shape index (κ2) is 4.19. The van der Waals surface area contributed by atoms with E-state index in [1.807, 2.05) is 19.9 Å². The molecule has 3 aromatic rings. The number of aromatic nitrogens is 3. The number of hydrogen-bond donors (Lipinski definition) is 2. The number of nitrogens with two attached hydrogens (primary N) is 1. The number of fused-ring (bicyclic) bond motifs is 1. The van der Waals surface area contributed by atoms with Crippen LogP contribution in [0, 0.1) is 13.8 Å². The molecule has 0 aliphatic heterocycles. The van der Waals surface area contributed by atoms with Crippen LogP contribution in [-0.4, -0.2) is 15.0 Å². The molecule has 1 aromatic carbocycles. The Hall–Kier alpha value is -1.72. The van der Waals surface area contributed by atoms with E-state index in [2.05, 4.69) is 27.1 Å². The molecule has 0 radical (unpaired) electrons. The van der Waals surface area contributed by atoms with Gasteiger partial charge in [0.1, 0.15) is 10.8 Å². The average molecular weight is 258 g/mol. The molecule has 0 fully saturated rings. The van der Waals surface area contributed by atoms with Crippen molar-refractivity contribution in [3.63, 3.8) is 0 Å². The number of rotatable bonds is 2. The number of benzene rings is 1. The van der Waals surface area contributed by atoms with E-state index in [0.717, 1.165) is 38.0 Å². The predicted molar refractivity (Wildman–Crippen MR) is 74.6 cm³/mol. The van der Waals surface area contributed by atoms with Crippen molar-refractivity contribution in [3.05, 3.63) is 34.6 Å². The van der Waals surface area contributed by atoms with Gasteiger partial charge in [-0.2, -0.15) is 0 Å². The van der Waals surface area contributed by atoms with E-state index in [9.17, 15) is 0 Å². The first kappa shape index (κ1) is 11.4. The van der Waals surface area contributed by atoms with Gasteiger partial charge in [-0.25, -0.2) is 9.97 Å². The number of imidazole rings is 1. The Morgan fingerprint density at radius 3 is 2.83 bits per heavy atom. The third kappa shape index (κ3) is 1.81. The van der Waals surface area contributed by atoms with Crippen molar-refractivity contribution in [3.8, 4) is 10.6 Å². The zero-order valence-electron chi connectivity index (χ0n) is 10.3. The molecule has 3 rings (SSSR count). The molecule has 0 atom stereocenters. The Morgan fingerprint density at radius 2 is 2.11 bits per heavy atom. The first-order chi connectivity index (χ1) is 8.67. The highest BCUT2D eigenvalue weighted by Crippen LogP contribution is 2.29. The smallest absolute Gasteiger partial charge is 0.123 e. The highest BCUT2D eigenvalue weighted by Gasteiger charge is 2.09. The molecule has 0 amide bonds. The standard InChI is InChI=1S/C13H14N4S/c1-7-12(6-14)18-13(15-7)9-3-4-10-11(5-9)17-8(2)16-10/h3-5H,6,14H2,1-2H3,(H,16,17). The van der Waals surface area contributed by atoms with Crippen molar-refractivity contribution in [2.24, 2.45) is 5.73 Å². The van der Waals surface area contributed by atoms with Gasteiger partial charge in [0.2, 0.25) is 0 Å². The van der Waals surface area contributed by atoms with Gasteiger partial charge >= 0.3 is 0 Å². The zero-order valence-corrected chi connectivity index (χ0v) is 11.1. The fraction of sp³-hybridized carbons (Fsp3) is 0.231. The summed E-state index contributed by atoms with van der Waals surface area (Å²) in [5.41, 5.74) is 9.86. The molecule has 0 aliphatic rings. The van der Waals surface area contributed by atoms with Crippen molar-refractivity contribution >= 4 is 22.4 Å². The number of nitrogens with one attached hydrogen (secondary N) is 1. The van der Waals surface area contributed by atoms with E-state index in [0.29, 0.717) is 6.54 Å². The van der Waals surface area contributed by atoms with Crippen LogP contribution in [0.2, 0.25) is 0 Å². The summed E-state index contributed by atoms with van der Waals surface area (Å²) in [7, 11) is 0. The average Bonchev–Trinajstić information content (AvgIpc) is 2.89. The van der Waals surface area contributed by atoms with Crippen molar-refractivity contribution in [2.45, 2.75) is 20.4 Å². The van der Waals surface area contributed by atoms with Gasteiger partial charge in [0.15, 0.2) is 0 Å². The third-order valence-corrected chi connectivity index (χ3v) is 4.15. The second-order valence-corrected chi connectivity index (χ2v) is 5.37. The monoisotopic (exact) mass is 258 g/mol. The Labute approximate surface area is 109 Å². The normalized spacial score (nSPS) is 11.3. The van der Waals surface area contributed by atoms with Crippen LogP contribution in [0.15, 0.2) is 18.2 Å². The molecule has 0 unspecified atom stereocenters. The molecule has 2 heterocycles. The van der Waals surface area contributed by atoms with Gasteiger partial charge in [0, 0.05) is 17.0 Å². The number of aryl methyl sites for hydroxylation is 2. The minimum atomic E-state index is 0.551. The molecule has 92 valence electrons. The molecule has 4 nitrogen and oxygen atoms in total. The van der Waals surface area contributed by atoms with Crippen molar-refractivity contribution < 1.29 is 0 Å². The van der Waals surface area contributed by atoms with E-state index < -0.39 is 0 Å². The zero-order chi connectivity index (χ0) is 12.7. The molecule has 18 heavy (non-hydrogen) atoms. The minimum absolute atomic E-state index is 0.551. The maximum Gasteiger partial charge on any atom is 0.123 e. The number of hydrogen-bond acceptors (Lipinski definition) is 4. The summed E-state index contributed by atoms with van der Waals surface area (Å²) < 4.78 is 0. The van der Waals surface area contributed by atoms with Gasteiger partial charge in [0.05, 0.1) is 16.7 Å². The quantitative estimate of drug-likeness (QED) is 0.742. The van der Waals surface area contributed by atoms with Crippen LogP contribution in [0.5, 0.6) is 0 Å². The van der Waals surface area contributed by atoms with Gasteiger partial charge in [-0.3, -0.25) is 0 Å². The Kier molecular flexibility index (Phi) is 2.65. The topological polar surface area (TPSA) is 67.6 Å². The fourth-order valence-electron chi connectivity index (χ4n) is 2.01. The largest absolute Gasteiger partial charge is 0.342 e.